The number of alkyl halides is 6. The Bertz CT molecular complexity index is 782. The Hall–Kier alpha value is -2.24. The highest BCUT2D eigenvalue weighted by Crippen LogP contribution is 2.73. The van der Waals surface area contributed by atoms with Crippen molar-refractivity contribution in [3.8, 4) is 11.1 Å². The third kappa shape index (κ3) is 1.63. The zero-order valence-electron chi connectivity index (χ0n) is 11.4. The maximum atomic E-state index is 13.3. The van der Waals surface area contributed by atoms with E-state index < -0.39 is 28.9 Å². The molecule has 118 valence electrons. The Kier molecular flexibility index (Phi) is 2.49. The van der Waals surface area contributed by atoms with E-state index in [0.29, 0.717) is 11.1 Å². The van der Waals surface area contributed by atoms with Crippen LogP contribution in [0, 0.1) is 0 Å². The smallest absolute Gasteiger partial charge is 0.166 e. The van der Waals surface area contributed by atoms with Crippen LogP contribution < -0.4 is 0 Å². The predicted molar refractivity (Wildman–Crippen MR) is 71.8 cm³/mol. The lowest BCUT2D eigenvalue weighted by molar-refractivity contribution is -0.0981. The first-order valence-corrected chi connectivity index (χ1v) is 6.79. The summed E-state index contributed by atoms with van der Waals surface area (Å²) in [5, 5.41) is 0. The van der Waals surface area contributed by atoms with Gasteiger partial charge in [-0.1, -0.05) is 48.5 Å². The van der Waals surface area contributed by atoms with Gasteiger partial charge in [0, 0.05) is 0 Å². The van der Waals surface area contributed by atoms with Crippen LogP contribution in [0.2, 0.25) is 0 Å². The minimum absolute atomic E-state index is 0.0563. The fourth-order valence-electron chi connectivity index (χ4n) is 3.76. The molecule has 0 nitrogen and oxygen atoms in total. The van der Waals surface area contributed by atoms with Crippen molar-refractivity contribution in [2.24, 2.45) is 0 Å². The zero-order chi connectivity index (χ0) is 16.6. The lowest BCUT2D eigenvalue weighted by atomic mass is 9.85. The van der Waals surface area contributed by atoms with Gasteiger partial charge in [-0.15, -0.1) is 0 Å². The number of benzene rings is 2. The summed E-state index contributed by atoms with van der Waals surface area (Å²) < 4.78 is 80.1. The van der Waals surface area contributed by atoms with Crippen LogP contribution in [0.4, 0.5) is 26.3 Å². The maximum absolute atomic E-state index is 13.3. The summed E-state index contributed by atoms with van der Waals surface area (Å²) >= 11 is 0. The van der Waals surface area contributed by atoms with Gasteiger partial charge in [-0.2, -0.15) is 26.3 Å². The van der Waals surface area contributed by atoms with Crippen LogP contribution in [0.15, 0.2) is 59.7 Å². The average Bonchev–Trinajstić information content (AvgIpc) is 3.11. The SMILES string of the molecule is FC(F)(F)C1=C(C(F)(F)F)C12c1ccccc1-c1ccccc12. The molecule has 2 aromatic rings. The normalized spacial score (nSPS) is 18.2. The van der Waals surface area contributed by atoms with Crippen molar-refractivity contribution in [3.05, 3.63) is 70.8 Å². The molecule has 6 heteroatoms. The Labute approximate surface area is 127 Å². The highest BCUT2D eigenvalue weighted by Gasteiger charge is 2.75. The number of hydrogen-bond acceptors (Lipinski definition) is 0. The fraction of sp³-hybridized carbons (Fsp3) is 0.176. The third-order valence-corrected chi connectivity index (χ3v) is 4.46. The van der Waals surface area contributed by atoms with Crippen LogP contribution >= 0.6 is 0 Å². The molecule has 0 N–H and O–H groups in total. The second-order valence-corrected chi connectivity index (χ2v) is 5.59. The van der Waals surface area contributed by atoms with Crippen molar-refractivity contribution in [1.82, 2.24) is 0 Å². The molecular weight excluding hydrogens is 318 g/mol. The molecule has 0 radical (unpaired) electrons. The minimum Gasteiger partial charge on any atom is -0.166 e. The van der Waals surface area contributed by atoms with Gasteiger partial charge in [0.05, 0.1) is 16.6 Å². The van der Waals surface area contributed by atoms with Crippen molar-refractivity contribution in [3.63, 3.8) is 0 Å². The quantitative estimate of drug-likeness (QED) is 0.450. The summed E-state index contributed by atoms with van der Waals surface area (Å²) in [7, 11) is 0. The Morgan fingerprint density at radius 3 is 1.26 bits per heavy atom. The van der Waals surface area contributed by atoms with E-state index in [1.54, 1.807) is 24.3 Å². The topological polar surface area (TPSA) is 0 Å². The number of fused-ring (bicyclic) bond motifs is 5. The van der Waals surface area contributed by atoms with Gasteiger partial charge in [0.2, 0.25) is 0 Å². The molecule has 0 saturated carbocycles. The van der Waals surface area contributed by atoms with Gasteiger partial charge in [-0.3, -0.25) is 0 Å². The van der Waals surface area contributed by atoms with E-state index in [1.807, 2.05) is 0 Å². The molecule has 0 atom stereocenters. The van der Waals surface area contributed by atoms with Crippen LogP contribution in [0.1, 0.15) is 11.1 Å². The van der Waals surface area contributed by atoms with Crippen LogP contribution in [-0.4, -0.2) is 12.4 Å². The number of halogens is 6. The van der Waals surface area contributed by atoms with Gasteiger partial charge in [0.25, 0.3) is 0 Å². The number of allylic oxidation sites excluding steroid dienone is 2. The first-order valence-electron chi connectivity index (χ1n) is 6.79. The van der Waals surface area contributed by atoms with E-state index in [1.165, 1.54) is 24.3 Å². The molecule has 23 heavy (non-hydrogen) atoms. The Balaban J connectivity index is 2.07. The fourth-order valence-corrected chi connectivity index (χ4v) is 3.76. The second-order valence-electron chi connectivity index (χ2n) is 5.59. The van der Waals surface area contributed by atoms with E-state index in [2.05, 4.69) is 0 Å². The second kappa shape index (κ2) is 3.99. The summed E-state index contributed by atoms with van der Waals surface area (Å²) in [5.74, 6) is 0. The maximum Gasteiger partial charge on any atom is 0.414 e. The number of hydrogen-bond donors (Lipinski definition) is 0. The van der Waals surface area contributed by atoms with Crippen LogP contribution in [0.3, 0.4) is 0 Å². The van der Waals surface area contributed by atoms with Gasteiger partial charge in [0.15, 0.2) is 0 Å². The molecule has 0 amide bonds. The molecule has 0 fully saturated rings. The molecule has 1 spiro atoms. The van der Waals surface area contributed by atoms with E-state index in [9.17, 15) is 26.3 Å². The average molecular weight is 326 g/mol. The predicted octanol–water partition coefficient (Wildman–Crippen LogP) is 5.39. The summed E-state index contributed by atoms with van der Waals surface area (Å²) in [6, 6.07) is 12.0. The molecule has 0 heterocycles. The summed E-state index contributed by atoms with van der Waals surface area (Å²) in [6.07, 6.45) is -10.1. The third-order valence-electron chi connectivity index (χ3n) is 4.46. The molecule has 0 aliphatic heterocycles. The van der Waals surface area contributed by atoms with Gasteiger partial charge in [-0.05, 0) is 22.3 Å². The van der Waals surface area contributed by atoms with Gasteiger partial charge >= 0.3 is 12.4 Å². The molecule has 0 unspecified atom stereocenters. The van der Waals surface area contributed by atoms with Crippen molar-refractivity contribution < 1.29 is 26.3 Å². The lowest BCUT2D eigenvalue weighted by Gasteiger charge is -2.19. The van der Waals surface area contributed by atoms with Crippen molar-refractivity contribution in [2.45, 2.75) is 17.8 Å². The van der Waals surface area contributed by atoms with Crippen LogP contribution in [0.5, 0.6) is 0 Å². The summed E-state index contributed by atoms with van der Waals surface area (Å²) in [5.41, 5.74) is -4.23. The molecule has 2 aromatic carbocycles. The first kappa shape index (κ1) is 14.4. The van der Waals surface area contributed by atoms with E-state index in [-0.39, 0.29) is 11.1 Å². The minimum atomic E-state index is -5.03. The van der Waals surface area contributed by atoms with E-state index >= 15 is 0 Å². The van der Waals surface area contributed by atoms with Crippen LogP contribution in [-0.2, 0) is 5.41 Å². The highest BCUT2D eigenvalue weighted by atomic mass is 19.4. The molecule has 4 rings (SSSR count). The Morgan fingerprint density at radius 1 is 0.565 bits per heavy atom. The number of rotatable bonds is 0. The monoisotopic (exact) mass is 326 g/mol. The molecule has 0 saturated heterocycles. The van der Waals surface area contributed by atoms with E-state index in [4.69, 9.17) is 0 Å². The van der Waals surface area contributed by atoms with Crippen molar-refractivity contribution in [1.29, 1.82) is 0 Å². The highest BCUT2D eigenvalue weighted by molar-refractivity contribution is 5.91. The van der Waals surface area contributed by atoms with Gasteiger partial charge in [-0.25, -0.2) is 0 Å². The first-order chi connectivity index (χ1) is 10.7. The van der Waals surface area contributed by atoms with E-state index in [0.717, 1.165) is 0 Å². The van der Waals surface area contributed by atoms with Crippen LogP contribution in [0.25, 0.3) is 11.1 Å². The molecular formula is C17H8F6. The van der Waals surface area contributed by atoms with Gasteiger partial charge in [0.1, 0.15) is 0 Å². The lowest BCUT2D eigenvalue weighted by Crippen LogP contribution is -2.22. The molecule has 2 aliphatic rings. The summed E-state index contributed by atoms with van der Waals surface area (Å²) in [6.45, 7) is 0. The zero-order valence-corrected chi connectivity index (χ0v) is 11.4. The Morgan fingerprint density at radius 2 is 0.913 bits per heavy atom. The molecule has 2 aliphatic carbocycles. The van der Waals surface area contributed by atoms with Crippen molar-refractivity contribution >= 4 is 0 Å². The molecule has 0 aromatic heterocycles. The summed E-state index contributed by atoms with van der Waals surface area (Å²) in [4.78, 5) is 0. The van der Waals surface area contributed by atoms with Gasteiger partial charge < -0.3 is 0 Å². The molecule has 0 bridgehead atoms. The largest absolute Gasteiger partial charge is 0.414 e. The standard InChI is InChI=1S/C17H8F6/c18-16(19,20)13-14(17(21,22)23)15(13)11-7-3-1-5-9(11)10-6-2-4-8-12(10)15/h1-8H. The van der Waals surface area contributed by atoms with Crippen molar-refractivity contribution in [2.75, 3.05) is 0 Å².